The van der Waals surface area contributed by atoms with E-state index >= 15 is 0 Å². The molecule has 0 unspecified atom stereocenters. The average Bonchev–Trinajstić information content (AvgIpc) is 2.60. The topological polar surface area (TPSA) is 64.6 Å². The zero-order valence-electron chi connectivity index (χ0n) is 13.3. The molecule has 0 radical (unpaired) electrons. The maximum Gasteiger partial charge on any atom is 0.338 e. The number of hydrogen-bond donors (Lipinski definition) is 1. The molecule has 0 saturated heterocycles. The number of esters is 1. The molecule has 2 aromatic carbocycles. The van der Waals surface area contributed by atoms with Gasteiger partial charge in [0, 0.05) is 0 Å². The van der Waals surface area contributed by atoms with Crippen molar-refractivity contribution in [2.24, 2.45) is 0 Å². The van der Waals surface area contributed by atoms with Gasteiger partial charge < -0.3 is 14.8 Å². The van der Waals surface area contributed by atoms with Gasteiger partial charge >= 0.3 is 5.97 Å². The molecule has 0 atom stereocenters. The second-order valence-electron chi connectivity index (χ2n) is 4.98. The van der Waals surface area contributed by atoms with Gasteiger partial charge in [-0.2, -0.15) is 0 Å². The summed E-state index contributed by atoms with van der Waals surface area (Å²) in [5.41, 5.74) is 0.821. The fourth-order valence-electron chi connectivity index (χ4n) is 1.87. The van der Waals surface area contributed by atoms with Crippen LogP contribution in [0.25, 0.3) is 0 Å². The van der Waals surface area contributed by atoms with Crippen LogP contribution >= 0.6 is 11.6 Å². The number of rotatable bonds is 7. The third-order valence-corrected chi connectivity index (χ3v) is 3.37. The predicted molar refractivity (Wildman–Crippen MR) is 92.6 cm³/mol. The summed E-state index contributed by atoms with van der Waals surface area (Å²) in [6.45, 7) is 2.24. The Morgan fingerprint density at radius 3 is 2.46 bits per heavy atom. The zero-order valence-corrected chi connectivity index (χ0v) is 14.0. The van der Waals surface area contributed by atoms with Gasteiger partial charge in [0.05, 0.1) is 22.9 Å². The summed E-state index contributed by atoms with van der Waals surface area (Å²) in [6.07, 6.45) is 0.907. The Bertz CT molecular complexity index is 700. The van der Waals surface area contributed by atoms with Crippen LogP contribution in [0, 0.1) is 0 Å². The summed E-state index contributed by atoms with van der Waals surface area (Å²) in [6, 6.07) is 13.4. The van der Waals surface area contributed by atoms with Crippen LogP contribution in [-0.2, 0) is 9.53 Å². The maximum atomic E-state index is 11.9. The highest BCUT2D eigenvalue weighted by atomic mass is 35.5. The summed E-state index contributed by atoms with van der Waals surface area (Å²) in [5, 5.41) is 3.00. The minimum absolute atomic E-state index is 0.351. The number of para-hydroxylation sites is 1. The van der Waals surface area contributed by atoms with Gasteiger partial charge in [-0.3, -0.25) is 4.79 Å². The van der Waals surface area contributed by atoms with Crippen molar-refractivity contribution in [3.05, 3.63) is 59.1 Å². The monoisotopic (exact) mass is 347 g/mol. The fraction of sp³-hybridized carbons (Fsp3) is 0.222. The molecular weight excluding hydrogens is 330 g/mol. The van der Waals surface area contributed by atoms with Crippen molar-refractivity contribution in [2.75, 3.05) is 18.5 Å². The van der Waals surface area contributed by atoms with Crippen molar-refractivity contribution in [2.45, 2.75) is 13.3 Å². The van der Waals surface area contributed by atoms with Crippen molar-refractivity contribution in [3.8, 4) is 5.75 Å². The van der Waals surface area contributed by atoms with E-state index in [1.807, 2.05) is 6.92 Å². The van der Waals surface area contributed by atoms with E-state index in [9.17, 15) is 9.59 Å². The molecule has 0 saturated carbocycles. The lowest BCUT2D eigenvalue weighted by Gasteiger charge is -2.08. The normalized spacial score (nSPS) is 10.1. The number of anilines is 1. The molecule has 0 fully saturated rings. The van der Waals surface area contributed by atoms with E-state index in [2.05, 4.69) is 5.32 Å². The first-order chi connectivity index (χ1) is 11.6. The van der Waals surface area contributed by atoms with Gasteiger partial charge in [0.15, 0.2) is 6.61 Å². The smallest absolute Gasteiger partial charge is 0.338 e. The van der Waals surface area contributed by atoms with Crippen LogP contribution in [0.15, 0.2) is 48.5 Å². The van der Waals surface area contributed by atoms with Crippen molar-refractivity contribution in [3.63, 3.8) is 0 Å². The first-order valence-electron chi connectivity index (χ1n) is 7.54. The molecule has 1 N–H and O–H groups in total. The summed E-state index contributed by atoms with van der Waals surface area (Å²) >= 11 is 5.94. The molecule has 0 aliphatic carbocycles. The number of amides is 1. The highest BCUT2D eigenvalue weighted by Crippen LogP contribution is 2.20. The number of benzene rings is 2. The van der Waals surface area contributed by atoms with Gasteiger partial charge in [0.25, 0.3) is 5.91 Å². The first-order valence-corrected chi connectivity index (χ1v) is 7.92. The van der Waals surface area contributed by atoms with Gasteiger partial charge in [0.2, 0.25) is 0 Å². The van der Waals surface area contributed by atoms with Crippen LogP contribution in [0.3, 0.4) is 0 Å². The summed E-state index contributed by atoms with van der Waals surface area (Å²) in [4.78, 5) is 23.7. The van der Waals surface area contributed by atoms with Crippen molar-refractivity contribution >= 4 is 29.2 Å². The highest BCUT2D eigenvalue weighted by Gasteiger charge is 2.11. The Labute approximate surface area is 145 Å². The molecule has 1 amide bonds. The lowest BCUT2D eigenvalue weighted by atomic mass is 10.2. The van der Waals surface area contributed by atoms with E-state index < -0.39 is 18.5 Å². The van der Waals surface area contributed by atoms with E-state index in [-0.39, 0.29) is 0 Å². The van der Waals surface area contributed by atoms with Crippen LogP contribution < -0.4 is 10.1 Å². The van der Waals surface area contributed by atoms with Gasteiger partial charge in [0.1, 0.15) is 5.75 Å². The van der Waals surface area contributed by atoms with Crippen LogP contribution in [0.5, 0.6) is 5.75 Å². The van der Waals surface area contributed by atoms with E-state index in [0.717, 1.165) is 6.42 Å². The number of carbonyl (C=O) groups excluding carboxylic acids is 2. The van der Waals surface area contributed by atoms with E-state index in [4.69, 9.17) is 21.1 Å². The molecule has 0 heterocycles. The van der Waals surface area contributed by atoms with E-state index in [1.54, 1.807) is 48.5 Å². The molecule has 5 nitrogen and oxygen atoms in total. The second-order valence-corrected chi connectivity index (χ2v) is 5.38. The number of nitrogens with one attached hydrogen (secondary N) is 1. The van der Waals surface area contributed by atoms with Gasteiger partial charge in [-0.1, -0.05) is 30.7 Å². The number of carbonyl (C=O) groups is 2. The number of halogens is 1. The average molecular weight is 348 g/mol. The zero-order chi connectivity index (χ0) is 17.4. The third-order valence-electron chi connectivity index (χ3n) is 3.05. The lowest BCUT2D eigenvalue weighted by Crippen LogP contribution is -2.21. The van der Waals surface area contributed by atoms with Crippen molar-refractivity contribution in [1.29, 1.82) is 0 Å². The molecule has 126 valence electrons. The van der Waals surface area contributed by atoms with Gasteiger partial charge in [-0.05, 0) is 42.8 Å². The Morgan fingerprint density at radius 2 is 1.79 bits per heavy atom. The molecule has 24 heavy (non-hydrogen) atoms. The minimum Gasteiger partial charge on any atom is -0.494 e. The summed E-state index contributed by atoms with van der Waals surface area (Å²) in [5.74, 6) is -0.351. The Morgan fingerprint density at radius 1 is 1.08 bits per heavy atom. The van der Waals surface area contributed by atoms with Crippen molar-refractivity contribution in [1.82, 2.24) is 0 Å². The Hall–Kier alpha value is -2.53. The molecule has 0 aromatic heterocycles. The predicted octanol–water partition coefficient (Wildman–Crippen LogP) is 3.92. The van der Waals surface area contributed by atoms with Crippen LogP contribution in [-0.4, -0.2) is 25.1 Å². The fourth-order valence-corrected chi connectivity index (χ4v) is 2.05. The number of ether oxygens (including phenoxy) is 2. The van der Waals surface area contributed by atoms with Crippen molar-refractivity contribution < 1.29 is 19.1 Å². The number of hydrogen-bond acceptors (Lipinski definition) is 4. The molecule has 0 bridgehead atoms. The summed E-state index contributed by atoms with van der Waals surface area (Å²) in [7, 11) is 0. The van der Waals surface area contributed by atoms with E-state index in [0.29, 0.717) is 28.6 Å². The Balaban J connectivity index is 1.84. The standard InChI is InChI=1S/C18H18ClNO4/c1-2-11-23-14-9-7-13(8-10-14)18(22)24-12-17(21)20-16-6-4-3-5-15(16)19/h3-10H,2,11-12H2,1H3,(H,20,21). The quantitative estimate of drug-likeness (QED) is 0.771. The van der Waals surface area contributed by atoms with Gasteiger partial charge in [-0.25, -0.2) is 4.79 Å². The SMILES string of the molecule is CCCOc1ccc(C(=O)OCC(=O)Nc2ccccc2Cl)cc1. The molecule has 6 heteroatoms. The molecule has 2 rings (SSSR count). The molecule has 0 aliphatic rings. The largest absolute Gasteiger partial charge is 0.494 e. The lowest BCUT2D eigenvalue weighted by molar-refractivity contribution is -0.119. The molecule has 0 aliphatic heterocycles. The highest BCUT2D eigenvalue weighted by molar-refractivity contribution is 6.33. The molecule has 2 aromatic rings. The molecular formula is C18H18ClNO4. The minimum atomic E-state index is -0.577. The van der Waals surface area contributed by atoms with Crippen LogP contribution in [0.1, 0.15) is 23.7 Å². The van der Waals surface area contributed by atoms with E-state index in [1.165, 1.54) is 0 Å². The van der Waals surface area contributed by atoms with Crippen LogP contribution in [0.4, 0.5) is 5.69 Å². The third kappa shape index (κ3) is 5.28. The molecule has 0 spiro atoms. The summed E-state index contributed by atoms with van der Waals surface area (Å²) < 4.78 is 10.4. The first kappa shape index (κ1) is 17.8. The van der Waals surface area contributed by atoms with Crippen LogP contribution in [0.2, 0.25) is 5.02 Å². The Kier molecular flexibility index (Phi) is 6.63. The second kappa shape index (κ2) is 8.93. The van der Waals surface area contributed by atoms with Gasteiger partial charge in [-0.15, -0.1) is 0 Å². The maximum absolute atomic E-state index is 11.9.